The van der Waals surface area contributed by atoms with Gasteiger partial charge in [-0.2, -0.15) is 5.10 Å². The van der Waals surface area contributed by atoms with Gasteiger partial charge in [-0.05, 0) is 31.5 Å². The molecule has 0 fully saturated rings. The summed E-state index contributed by atoms with van der Waals surface area (Å²) in [5, 5.41) is 6.65. The molecule has 0 aliphatic carbocycles. The van der Waals surface area contributed by atoms with E-state index in [-0.39, 0.29) is 18.3 Å². The van der Waals surface area contributed by atoms with E-state index in [0.29, 0.717) is 24.4 Å². The SMILES string of the molecule is COCCN(Cc1ccc(C)cc1F)C(=O)c1cc(C)n[nH]1. The van der Waals surface area contributed by atoms with Crippen LogP contribution >= 0.6 is 0 Å². The molecule has 0 radical (unpaired) electrons. The van der Waals surface area contributed by atoms with Gasteiger partial charge in [0.25, 0.3) is 5.91 Å². The van der Waals surface area contributed by atoms with Crippen molar-refractivity contribution in [1.82, 2.24) is 15.1 Å². The number of benzene rings is 1. The molecule has 2 aromatic rings. The Morgan fingerprint density at radius 3 is 2.73 bits per heavy atom. The summed E-state index contributed by atoms with van der Waals surface area (Å²) in [4.78, 5) is 14.1. The van der Waals surface area contributed by atoms with Crippen LogP contribution in [0.4, 0.5) is 4.39 Å². The van der Waals surface area contributed by atoms with E-state index >= 15 is 0 Å². The summed E-state index contributed by atoms with van der Waals surface area (Å²) in [6.45, 7) is 4.57. The Bertz CT molecular complexity index is 655. The summed E-state index contributed by atoms with van der Waals surface area (Å²) < 4.78 is 19.1. The maximum Gasteiger partial charge on any atom is 0.272 e. The maximum absolute atomic E-state index is 14.0. The van der Waals surface area contributed by atoms with Crippen molar-refractivity contribution in [2.75, 3.05) is 20.3 Å². The zero-order valence-electron chi connectivity index (χ0n) is 13.0. The van der Waals surface area contributed by atoms with Crippen molar-refractivity contribution in [3.05, 3.63) is 52.6 Å². The fraction of sp³-hybridized carbons (Fsp3) is 0.375. The van der Waals surface area contributed by atoms with Crippen LogP contribution in [0.2, 0.25) is 0 Å². The van der Waals surface area contributed by atoms with Crippen LogP contribution in [0.5, 0.6) is 0 Å². The Kier molecular flexibility index (Phi) is 5.27. The summed E-state index contributed by atoms with van der Waals surface area (Å²) in [7, 11) is 1.56. The number of hydrogen-bond donors (Lipinski definition) is 1. The third-order valence-electron chi connectivity index (χ3n) is 3.36. The Hall–Kier alpha value is -2.21. The molecule has 118 valence electrons. The largest absolute Gasteiger partial charge is 0.383 e. The molecular weight excluding hydrogens is 285 g/mol. The van der Waals surface area contributed by atoms with Crippen molar-refractivity contribution in [2.45, 2.75) is 20.4 Å². The van der Waals surface area contributed by atoms with Crippen LogP contribution in [-0.4, -0.2) is 41.3 Å². The van der Waals surface area contributed by atoms with E-state index < -0.39 is 0 Å². The number of halogens is 1. The number of carbonyl (C=O) groups is 1. The Morgan fingerprint density at radius 2 is 2.14 bits per heavy atom. The van der Waals surface area contributed by atoms with Gasteiger partial charge in [-0.3, -0.25) is 9.89 Å². The van der Waals surface area contributed by atoms with Crippen molar-refractivity contribution >= 4 is 5.91 Å². The lowest BCUT2D eigenvalue weighted by Crippen LogP contribution is -2.34. The summed E-state index contributed by atoms with van der Waals surface area (Å²) in [6.07, 6.45) is 0. The van der Waals surface area contributed by atoms with Gasteiger partial charge in [0.05, 0.1) is 12.3 Å². The number of aryl methyl sites for hydroxylation is 2. The summed E-state index contributed by atoms with van der Waals surface area (Å²) >= 11 is 0. The number of nitrogens with zero attached hydrogens (tertiary/aromatic N) is 2. The minimum atomic E-state index is -0.309. The van der Waals surface area contributed by atoms with E-state index in [2.05, 4.69) is 10.2 Å². The van der Waals surface area contributed by atoms with E-state index in [9.17, 15) is 9.18 Å². The quantitative estimate of drug-likeness (QED) is 0.892. The predicted octanol–water partition coefficient (Wildman–Crippen LogP) is 2.45. The summed E-state index contributed by atoms with van der Waals surface area (Å²) in [5.74, 6) is -0.534. The molecule has 1 N–H and O–H groups in total. The number of ether oxygens (including phenoxy) is 1. The van der Waals surface area contributed by atoms with E-state index in [0.717, 1.165) is 11.3 Å². The molecule has 1 aromatic heterocycles. The van der Waals surface area contributed by atoms with Gasteiger partial charge in [-0.15, -0.1) is 0 Å². The fourth-order valence-electron chi connectivity index (χ4n) is 2.14. The van der Waals surface area contributed by atoms with E-state index in [1.807, 2.05) is 13.0 Å². The number of aromatic amines is 1. The number of hydrogen-bond acceptors (Lipinski definition) is 3. The van der Waals surface area contributed by atoms with Gasteiger partial charge in [0.15, 0.2) is 0 Å². The third-order valence-corrected chi connectivity index (χ3v) is 3.36. The maximum atomic E-state index is 14.0. The molecule has 0 aliphatic heterocycles. The number of nitrogens with one attached hydrogen (secondary N) is 1. The number of rotatable bonds is 6. The first kappa shape index (κ1) is 16.2. The minimum Gasteiger partial charge on any atom is -0.383 e. The summed E-state index contributed by atoms with van der Waals surface area (Å²) in [5.41, 5.74) is 2.45. The van der Waals surface area contributed by atoms with Crippen LogP contribution in [0.25, 0.3) is 0 Å². The first-order chi connectivity index (χ1) is 10.5. The molecule has 22 heavy (non-hydrogen) atoms. The lowest BCUT2D eigenvalue weighted by Gasteiger charge is -2.22. The molecule has 0 spiro atoms. The van der Waals surface area contributed by atoms with E-state index in [4.69, 9.17) is 4.74 Å². The number of carbonyl (C=O) groups excluding carboxylic acids is 1. The molecular formula is C16H20FN3O2. The first-order valence-electron chi connectivity index (χ1n) is 7.06. The molecule has 6 heteroatoms. The number of aromatic nitrogens is 2. The Balaban J connectivity index is 2.20. The molecule has 0 bridgehead atoms. The van der Waals surface area contributed by atoms with Crippen molar-refractivity contribution in [3.63, 3.8) is 0 Å². The van der Waals surface area contributed by atoms with Gasteiger partial charge in [-0.25, -0.2) is 4.39 Å². The van der Waals surface area contributed by atoms with Crippen LogP contribution in [0, 0.1) is 19.7 Å². The Morgan fingerprint density at radius 1 is 1.36 bits per heavy atom. The van der Waals surface area contributed by atoms with Crippen molar-refractivity contribution in [1.29, 1.82) is 0 Å². The highest BCUT2D eigenvalue weighted by atomic mass is 19.1. The van der Waals surface area contributed by atoms with Crippen LogP contribution in [-0.2, 0) is 11.3 Å². The monoisotopic (exact) mass is 305 g/mol. The normalized spacial score (nSPS) is 10.7. The summed E-state index contributed by atoms with van der Waals surface area (Å²) in [6, 6.07) is 6.68. The second-order valence-corrected chi connectivity index (χ2v) is 5.24. The minimum absolute atomic E-state index is 0.187. The van der Waals surface area contributed by atoms with Crippen molar-refractivity contribution in [3.8, 4) is 0 Å². The van der Waals surface area contributed by atoms with Gasteiger partial charge in [0.2, 0.25) is 0 Å². The number of H-pyrrole nitrogens is 1. The second kappa shape index (κ2) is 7.17. The van der Waals surface area contributed by atoms with Crippen LogP contribution in [0.15, 0.2) is 24.3 Å². The molecule has 5 nitrogen and oxygen atoms in total. The molecule has 0 atom stereocenters. The molecule has 1 aromatic carbocycles. The standard InChI is InChI=1S/C16H20FN3O2/c1-11-4-5-13(14(17)8-11)10-20(6-7-22-3)16(21)15-9-12(2)18-19-15/h4-5,8-9H,6-7,10H2,1-3H3,(H,18,19). The lowest BCUT2D eigenvalue weighted by atomic mass is 10.1. The topological polar surface area (TPSA) is 58.2 Å². The van der Waals surface area contributed by atoms with Gasteiger partial charge in [0, 0.05) is 25.8 Å². The molecule has 0 unspecified atom stereocenters. The van der Waals surface area contributed by atoms with Gasteiger partial charge in [-0.1, -0.05) is 12.1 Å². The highest BCUT2D eigenvalue weighted by Gasteiger charge is 2.19. The number of amides is 1. The second-order valence-electron chi connectivity index (χ2n) is 5.24. The molecule has 0 aliphatic rings. The molecule has 1 amide bonds. The zero-order valence-corrected chi connectivity index (χ0v) is 13.0. The smallest absolute Gasteiger partial charge is 0.272 e. The van der Waals surface area contributed by atoms with Crippen LogP contribution in [0.1, 0.15) is 27.3 Å². The first-order valence-corrected chi connectivity index (χ1v) is 7.06. The van der Waals surface area contributed by atoms with Gasteiger partial charge >= 0.3 is 0 Å². The average molecular weight is 305 g/mol. The van der Waals surface area contributed by atoms with E-state index in [1.165, 1.54) is 6.07 Å². The van der Waals surface area contributed by atoms with Crippen molar-refractivity contribution < 1.29 is 13.9 Å². The third kappa shape index (κ3) is 3.92. The lowest BCUT2D eigenvalue weighted by molar-refractivity contribution is 0.0672. The van der Waals surface area contributed by atoms with Crippen LogP contribution in [0.3, 0.4) is 0 Å². The predicted molar refractivity (Wildman–Crippen MR) is 81.1 cm³/mol. The van der Waals surface area contributed by atoms with E-state index in [1.54, 1.807) is 31.1 Å². The number of methoxy groups -OCH3 is 1. The highest BCUT2D eigenvalue weighted by molar-refractivity contribution is 5.92. The Labute approximate surface area is 129 Å². The average Bonchev–Trinajstić information content (AvgIpc) is 2.91. The van der Waals surface area contributed by atoms with Crippen molar-refractivity contribution in [2.24, 2.45) is 0 Å². The van der Waals surface area contributed by atoms with Crippen LogP contribution < -0.4 is 0 Å². The molecule has 0 saturated carbocycles. The van der Waals surface area contributed by atoms with Gasteiger partial charge < -0.3 is 9.64 Å². The molecule has 2 rings (SSSR count). The zero-order chi connectivity index (χ0) is 16.1. The van der Waals surface area contributed by atoms with Gasteiger partial charge in [0.1, 0.15) is 11.5 Å². The molecule has 1 heterocycles. The fourth-order valence-corrected chi connectivity index (χ4v) is 2.14. The molecule has 0 saturated heterocycles. The highest BCUT2D eigenvalue weighted by Crippen LogP contribution is 2.14.